The lowest BCUT2D eigenvalue weighted by Gasteiger charge is -2.26. The lowest BCUT2D eigenvalue weighted by atomic mass is 9.84. The minimum absolute atomic E-state index is 0.264. The molecule has 158 valence electrons. The Balaban J connectivity index is 2.13. The SMILES string of the molecule is CC(C)c1c(CC(C)(C)C(=S)Oc2ccccc2)csc1O/C=C/CC(C)(C)C. The summed E-state index contributed by atoms with van der Waals surface area (Å²) in [4.78, 5) is 0. The van der Waals surface area contributed by atoms with E-state index in [2.05, 4.69) is 59.9 Å². The molecule has 1 aromatic carbocycles. The van der Waals surface area contributed by atoms with Crippen molar-refractivity contribution < 1.29 is 9.47 Å². The molecule has 0 saturated heterocycles. The van der Waals surface area contributed by atoms with Crippen LogP contribution in [0.15, 0.2) is 48.0 Å². The van der Waals surface area contributed by atoms with Gasteiger partial charge in [0.05, 0.1) is 6.26 Å². The molecule has 29 heavy (non-hydrogen) atoms. The van der Waals surface area contributed by atoms with Crippen LogP contribution in [-0.4, -0.2) is 5.05 Å². The smallest absolute Gasteiger partial charge is 0.183 e. The van der Waals surface area contributed by atoms with Crippen LogP contribution in [0.3, 0.4) is 0 Å². The molecule has 0 saturated carbocycles. The quantitative estimate of drug-likeness (QED) is 0.311. The highest BCUT2D eigenvalue weighted by atomic mass is 32.1. The number of allylic oxidation sites excluding steroid dienone is 1. The van der Waals surface area contributed by atoms with Crippen molar-refractivity contribution in [3.8, 4) is 10.8 Å². The van der Waals surface area contributed by atoms with E-state index in [-0.39, 0.29) is 10.8 Å². The standard InChI is InChI=1S/C25H34O2S2/c1-18(2)21-19(17-29-22(21)26-15-11-14-24(3,4)5)16-25(6,7)23(28)27-20-12-9-8-10-13-20/h8-13,15,17-18H,14,16H2,1-7H3/b15-11+. The van der Waals surface area contributed by atoms with Gasteiger partial charge in [0.1, 0.15) is 5.75 Å². The van der Waals surface area contributed by atoms with E-state index in [1.165, 1.54) is 11.1 Å². The van der Waals surface area contributed by atoms with Crippen molar-refractivity contribution in [2.24, 2.45) is 10.8 Å². The van der Waals surface area contributed by atoms with Crippen molar-refractivity contribution in [1.82, 2.24) is 0 Å². The van der Waals surface area contributed by atoms with Gasteiger partial charge in [-0.15, -0.1) is 11.3 Å². The number of thiocarbonyl (C=S) groups is 1. The van der Waals surface area contributed by atoms with Gasteiger partial charge in [0.2, 0.25) is 0 Å². The third kappa shape index (κ3) is 7.27. The van der Waals surface area contributed by atoms with Crippen molar-refractivity contribution in [2.75, 3.05) is 0 Å². The first-order valence-corrected chi connectivity index (χ1v) is 11.5. The third-order valence-electron chi connectivity index (χ3n) is 4.59. The number of para-hydroxylation sites is 1. The van der Waals surface area contributed by atoms with Crippen LogP contribution in [0.25, 0.3) is 0 Å². The lowest BCUT2D eigenvalue weighted by molar-refractivity contribution is 0.409. The van der Waals surface area contributed by atoms with Crippen LogP contribution in [0.1, 0.15) is 71.9 Å². The second-order valence-electron chi connectivity index (χ2n) is 9.63. The Kier molecular flexibility index (Phi) is 8.07. The highest BCUT2D eigenvalue weighted by Gasteiger charge is 2.29. The third-order valence-corrected chi connectivity index (χ3v) is 6.16. The molecular weight excluding hydrogens is 396 g/mol. The highest BCUT2D eigenvalue weighted by Crippen LogP contribution is 2.40. The molecule has 0 bridgehead atoms. The Morgan fingerprint density at radius 1 is 1.10 bits per heavy atom. The molecule has 2 nitrogen and oxygen atoms in total. The van der Waals surface area contributed by atoms with Gasteiger partial charge in [0.25, 0.3) is 0 Å². The highest BCUT2D eigenvalue weighted by molar-refractivity contribution is 7.80. The molecular formula is C25H34O2S2. The molecule has 0 unspecified atom stereocenters. The molecule has 0 N–H and O–H groups in total. The molecule has 2 aromatic rings. The van der Waals surface area contributed by atoms with Crippen molar-refractivity contribution in [3.05, 3.63) is 59.2 Å². The van der Waals surface area contributed by atoms with E-state index in [1.807, 2.05) is 36.6 Å². The lowest BCUT2D eigenvalue weighted by Crippen LogP contribution is -2.29. The number of benzene rings is 1. The van der Waals surface area contributed by atoms with Gasteiger partial charge in [0, 0.05) is 11.0 Å². The summed E-state index contributed by atoms with van der Waals surface area (Å²) in [5.74, 6) is 1.16. The molecule has 0 aliphatic rings. The maximum absolute atomic E-state index is 6.02. The van der Waals surface area contributed by atoms with E-state index in [0.29, 0.717) is 11.0 Å². The summed E-state index contributed by atoms with van der Waals surface area (Å²) >= 11 is 7.31. The summed E-state index contributed by atoms with van der Waals surface area (Å²) in [5.41, 5.74) is 2.55. The normalized spacial score (nSPS) is 12.6. The molecule has 0 aliphatic heterocycles. The Morgan fingerprint density at radius 2 is 1.76 bits per heavy atom. The molecule has 0 amide bonds. The van der Waals surface area contributed by atoms with E-state index < -0.39 is 0 Å². The van der Waals surface area contributed by atoms with Crippen molar-refractivity contribution in [3.63, 3.8) is 0 Å². The second kappa shape index (κ2) is 9.90. The predicted molar refractivity (Wildman–Crippen MR) is 129 cm³/mol. The van der Waals surface area contributed by atoms with Crippen LogP contribution in [-0.2, 0) is 6.42 Å². The van der Waals surface area contributed by atoms with Crippen LogP contribution >= 0.6 is 23.6 Å². The zero-order chi connectivity index (χ0) is 21.7. The molecule has 0 radical (unpaired) electrons. The topological polar surface area (TPSA) is 18.5 Å². The Bertz CT molecular complexity index is 824. The average Bonchev–Trinajstić information content (AvgIpc) is 3.00. The van der Waals surface area contributed by atoms with E-state index in [1.54, 1.807) is 11.3 Å². The fourth-order valence-corrected chi connectivity index (χ4v) is 4.24. The molecule has 0 atom stereocenters. The summed E-state index contributed by atoms with van der Waals surface area (Å²) in [7, 11) is 0. The van der Waals surface area contributed by atoms with Gasteiger partial charge < -0.3 is 9.47 Å². The Morgan fingerprint density at radius 3 is 2.34 bits per heavy atom. The maximum Gasteiger partial charge on any atom is 0.183 e. The molecule has 0 aliphatic carbocycles. The predicted octanol–water partition coefficient (Wildman–Crippen LogP) is 8.18. The largest absolute Gasteiger partial charge is 0.454 e. The van der Waals surface area contributed by atoms with Gasteiger partial charge in [-0.05, 0) is 65.5 Å². The summed E-state index contributed by atoms with van der Waals surface area (Å²) in [6, 6.07) is 9.75. The first-order chi connectivity index (χ1) is 13.5. The first kappa shape index (κ1) is 23.6. The zero-order valence-corrected chi connectivity index (χ0v) is 20.4. The number of thiophene rings is 1. The second-order valence-corrected chi connectivity index (χ2v) is 10.8. The molecule has 0 fully saturated rings. The molecule has 0 spiro atoms. The molecule has 4 heteroatoms. The van der Waals surface area contributed by atoms with E-state index >= 15 is 0 Å². The van der Waals surface area contributed by atoms with Crippen LogP contribution < -0.4 is 9.47 Å². The maximum atomic E-state index is 6.02. The van der Waals surface area contributed by atoms with Crippen LogP contribution in [0.4, 0.5) is 0 Å². The van der Waals surface area contributed by atoms with Gasteiger partial charge in [-0.3, -0.25) is 0 Å². The van der Waals surface area contributed by atoms with Crippen LogP contribution in [0.5, 0.6) is 10.8 Å². The minimum atomic E-state index is -0.269. The van der Waals surface area contributed by atoms with E-state index in [0.717, 1.165) is 23.7 Å². The molecule has 1 aromatic heterocycles. The molecule has 1 heterocycles. The Hall–Kier alpha value is -1.65. The number of hydrogen-bond acceptors (Lipinski definition) is 4. The zero-order valence-electron chi connectivity index (χ0n) is 18.7. The van der Waals surface area contributed by atoms with Gasteiger partial charge in [0.15, 0.2) is 10.1 Å². The summed E-state index contributed by atoms with van der Waals surface area (Å²) in [6.07, 6.45) is 5.75. The van der Waals surface area contributed by atoms with Crippen molar-refractivity contribution in [2.45, 2.75) is 67.2 Å². The summed E-state index contributed by atoms with van der Waals surface area (Å²) in [6.45, 7) is 15.4. The Labute approximate surface area is 185 Å². The monoisotopic (exact) mass is 430 g/mol. The van der Waals surface area contributed by atoms with E-state index in [9.17, 15) is 0 Å². The van der Waals surface area contributed by atoms with Gasteiger partial charge >= 0.3 is 0 Å². The van der Waals surface area contributed by atoms with Gasteiger partial charge in [-0.25, -0.2) is 0 Å². The summed E-state index contributed by atoms with van der Waals surface area (Å²) < 4.78 is 12.0. The summed E-state index contributed by atoms with van der Waals surface area (Å²) in [5, 5.41) is 3.79. The number of ether oxygens (including phenoxy) is 2. The minimum Gasteiger partial charge on any atom is -0.454 e. The number of rotatable bonds is 8. The first-order valence-electron chi connectivity index (χ1n) is 10.2. The van der Waals surface area contributed by atoms with Crippen molar-refractivity contribution in [1.29, 1.82) is 0 Å². The van der Waals surface area contributed by atoms with Crippen molar-refractivity contribution >= 4 is 28.6 Å². The van der Waals surface area contributed by atoms with Gasteiger partial charge in [-0.1, -0.05) is 66.7 Å². The fourth-order valence-electron chi connectivity index (χ4n) is 3.01. The number of hydrogen-bond donors (Lipinski definition) is 0. The average molecular weight is 431 g/mol. The van der Waals surface area contributed by atoms with Gasteiger partial charge in [-0.2, -0.15) is 0 Å². The van der Waals surface area contributed by atoms with Crippen LogP contribution in [0, 0.1) is 10.8 Å². The molecule has 2 rings (SSSR count). The van der Waals surface area contributed by atoms with Crippen LogP contribution in [0.2, 0.25) is 0 Å². The van der Waals surface area contributed by atoms with E-state index in [4.69, 9.17) is 21.7 Å². The fraction of sp³-hybridized carbons (Fsp3) is 0.480.